The van der Waals surface area contributed by atoms with E-state index in [4.69, 9.17) is 0 Å². The second-order valence-electron chi connectivity index (χ2n) is 5.77. The van der Waals surface area contributed by atoms with E-state index in [-0.39, 0.29) is 0 Å². The Morgan fingerprint density at radius 2 is 2.05 bits per heavy atom. The van der Waals surface area contributed by atoms with E-state index in [1.807, 2.05) is 12.4 Å². The van der Waals surface area contributed by atoms with Gasteiger partial charge < -0.3 is 10.4 Å². The van der Waals surface area contributed by atoms with E-state index in [1.54, 1.807) is 0 Å². The molecule has 2 N–H and O–H groups in total. The quantitative estimate of drug-likeness (QED) is 0.898. The first-order valence-corrected chi connectivity index (χ1v) is 7.54. The van der Waals surface area contributed by atoms with Crippen molar-refractivity contribution in [2.24, 2.45) is 5.92 Å². The third kappa shape index (κ3) is 3.00. The first-order chi connectivity index (χ1) is 9.86. The second-order valence-corrected chi connectivity index (χ2v) is 5.77. The summed E-state index contributed by atoms with van der Waals surface area (Å²) in [6.07, 6.45) is 8.60. The van der Waals surface area contributed by atoms with Gasteiger partial charge in [0.15, 0.2) is 0 Å². The molecule has 0 amide bonds. The van der Waals surface area contributed by atoms with Gasteiger partial charge in [0.2, 0.25) is 0 Å². The van der Waals surface area contributed by atoms with E-state index in [2.05, 4.69) is 34.6 Å². The van der Waals surface area contributed by atoms with Gasteiger partial charge in [-0.2, -0.15) is 0 Å². The van der Waals surface area contributed by atoms with Crippen LogP contribution in [-0.4, -0.2) is 22.7 Å². The highest BCUT2D eigenvalue weighted by Crippen LogP contribution is 2.24. The smallest absolute Gasteiger partial charge is 0.0474 e. The fourth-order valence-electron chi connectivity index (χ4n) is 3.19. The standard InChI is InChI=1S/C17H22N2O/c20-12-16-3-1-2-4-17(16)19-10-13-5-6-15-11-18-8-7-14(15)9-13/h5-9,11,16-17,19-20H,1-4,10,12H2. The molecule has 1 aromatic carbocycles. The number of hydrogen-bond acceptors (Lipinski definition) is 3. The Kier molecular flexibility index (Phi) is 4.28. The van der Waals surface area contributed by atoms with Crippen molar-refractivity contribution in [3.05, 3.63) is 42.2 Å². The normalized spacial score (nSPS) is 23.1. The van der Waals surface area contributed by atoms with Crippen LogP contribution in [-0.2, 0) is 6.54 Å². The monoisotopic (exact) mass is 270 g/mol. The van der Waals surface area contributed by atoms with Crippen LogP contribution in [0.4, 0.5) is 0 Å². The lowest BCUT2D eigenvalue weighted by molar-refractivity contribution is 0.152. The van der Waals surface area contributed by atoms with Crippen LogP contribution < -0.4 is 5.32 Å². The fraction of sp³-hybridized carbons (Fsp3) is 0.471. The number of fused-ring (bicyclic) bond motifs is 1. The van der Waals surface area contributed by atoms with Crippen molar-refractivity contribution in [2.75, 3.05) is 6.61 Å². The number of hydrogen-bond donors (Lipinski definition) is 2. The maximum absolute atomic E-state index is 9.45. The molecule has 1 fully saturated rings. The highest BCUT2D eigenvalue weighted by molar-refractivity contribution is 5.81. The minimum atomic E-state index is 0.307. The summed E-state index contributed by atoms with van der Waals surface area (Å²) in [6, 6.07) is 9.02. The Hall–Kier alpha value is -1.45. The number of rotatable bonds is 4. The van der Waals surface area contributed by atoms with Gasteiger partial charge in [-0.1, -0.05) is 25.0 Å². The van der Waals surface area contributed by atoms with Crippen molar-refractivity contribution in [1.82, 2.24) is 10.3 Å². The van der Waals surface area contributed by atoms with Crippen LogP contribution >= 0.6 is 0 Å². The van der Waals surface area contributed by atoms with Gasteiger partial charge in [0.25, 0.3) is 0 Å². The molecule has 1 aliphatic rings. The number of benzene rings is 1. The molecular weight excluding hydrogens is 248 g/mol. The van der Waals surface area contributed by atoms with Crippen LogP contribution in [0, 0.1) is 5.92 Å². The molecule has 0 bridgehead atoms. The van der Waals surface area contributed by atoms with Crippen LogP contribution in [0.1, 0.15) is 31.2 Å². The average Bonchev–Trinajstić information content (AvgIpc) is 2.53. The third-order valence-corrected chi connectivity index (χ3v) is 4.42. The van der Waals surface area contributed by atoms with Gasteiger partial charge >= 0.3 is 0 Å². The second kappa shape index (κ2) is 6.33. The van der Waals surface area contributed by atoms with Gasteiger partial charge in [-0.25, -0.2) is 0 Å². The number of nitrogens with one attached hydrogen (secondary N) is 1. The molecule has 0 radical (unpaired) electrons. The number of pyridine rings is 1. The summed E-state index contributed by atoms with van der Waals surface area (Å²) in [4.78, 5) is 4.14. The average molecular weight is 270 g/mol. The molecule has 1 aliphatic carbocycles. The molecule has 3 heteroatoms. The summed E-state index contributed by atoms with van der Waals surface area (Å²) in [5.41, 5.74) is 1.30. The van der Waals surface area contributed by atoms with E-state index in [0.717, 1.165) is 13.0 Å². The molecule has 0 spiro atoms. The highest BCUT2D eigenvalue weighted by atomic mass is 16.3. The van der Waals surface area contributed by atoms with Crippen LogP contribution in [0.2, 0.25) is 0 Å². The zero-order valence-corrected chi connectivity index (χ0v) is 11.8. The van der Waals surface area contributed by atoms with Crippen molar-refractivity contribution in [3.8, 4) is 0 Å². The molecule has 1 saturated carbocycles. The van der Waals surface area contributed by atoms with E-state index in [9.17, 15) is 5.11 Å². The summed E-state index contributed by atoms with van der Waals surface area (Å²) >= 11 is 0. The molecule has 2 aromatic rings. The van der Waals surface area contributed by atoms with Crippen LogP contribution in [0.5, 0.6) is 0 Å². The summed E-state index contributed by atoms with van der Waals surface area (Å²) in [7, 11) is 0. The summed E-state index contributed by atoms with van der Waals surface area (Å²) in [5.74, 6) is 0.424. The molecule has 2 unspecified atom stereocenters. The molecule has 1 heterocycles. The third-order valence-electron chi connectivity index (χ3n) is 4.42. The van der Waals surface area contributed by atoms with Crippen molar-refractivity contribution in [3.63, 3.8) is 0 Å². The molecule has 3 rings (SSSR count). The Morgan fingerprint density at radius 1 is 1.15 bits per heavy atom. The predicted octanol–water partition coefficient (Wildman–Crippen LogP) is 2.88. The lowest BCUT2D eigenvalue weighted by Gasteiger charge is -2.31. The topological polar surface area (TPSA) is 45.1 Å². The van der Waals surface area contributed by atoms with Gasteiger partial charge in [0, 0.05) is 37.0 Å². The maximum Gasteiger partial charge on any atom is 0.0474 e. The van der Waals surface area contributed by atoms with Crippen LogP contribution in [0.25, 0.3) is 10.8 Å². The van der Waals surface area contributed by atoms with E-state index in [1.165, 1.54) is 35.6 Å². The highest BCUT2D eigenvalue weighted by Gasteiger charge is 2.23. The molecule has 1 aromatic heterocycles. The number of aliphatic hydroxyl groups is 1. The van der Waals surface area contributed by atoms with E-state index in [0.29, 0.717) is 18.6 Å². The van der Waals surface area contributed by atoms with Gasteiger partial charge in [-0.3, -0.25) is 4.98 Å². The van der Waals surface area contributed by atoms with Crippen molar-refractivity contribution < 1.29 is 5.11 Å². The first kappa shape index (κ1) is 13.5. The van der Waals surface area contributed by atoms with E-state index < -0.39 is 0 Å². The molecule has 2 atom stereocenters. The van der Waals surface area contributed by atoms with Gasteiger partial charge in [-0.15, -0.1) is 0 Å². The number of aliphatic hydroxyl groups excluding tert-OH is 1. The Labute approximate surface area is 120 Å². The molecular formula is C17H22N2O. The number of aromatic nitrogens is 1. The minimum absolute atomic E-state index is 0.307. The fourth-order valence-corrected chi connectivity index (χ4v) is 3.19. The van der Waals surface area contributed by atoms with Crippen molar-refractivity contribution in [1.29, 1.82) is 0 Å². The zero-order valence-electron chi connectivity index (χ0n) is 11.8. The SMILES string of the molecule is OCC1CCCCC1NCc1ccc2cnccc2c1. The van der Waals surface area contributed by atoms with Crippen molar-refractivity contribution >= 4 is 10.8 Å². The lowest BCUT2D eigenvalue weighted by atomic mass is 9.85. The van der Waals surface area contributed by atoms with Crippen LogP contribution in [0.15, 0.2) is 36.7 Å². The Bertz CT molecular complexity index is 570. The summed E-state index contributed by atoms with van der Waals surface area (Å²) < 4.78 is 0. The largest absolute Gasteiger partial charge is 0.396 e. The predicted molar refractivity (Wildman–Crippen MR) is 81.4 cm³/mol. The molecule has 20 heavy (non-hydrogen) atoms. The lowest BCUT2D eigenvalue weighted by Crippen LogP contribution is -2.39. The van der Waals surface area contributed by atoms with Gasteiger partial charge in [0.1, 0.15) is 0 Å². The van der Waals surface area contributed by atoms with Gasteiger partial charge in [-0.05, 0) is 41.8 Å². The maximum atomic E-state index is 9.45. The summed E-state index contributed by atoms with van der Waals surface area (Å²) in [5, 5.41) is 15.5. The molecule has 0 aliphatic heterocycles. The molecule has 0 saturated heterocycles. The first-order valence-electron chi connectivity index (χ1n) is 7.54. The van der Waals surface area contributed by atoms with Crippen molar-refractivity contribution in [2.45, 2.75) is 38.3 Å². The Balaban J connectivity index is 1.67. The minimum Gasteiger partial charge on any atom is -0.396 e. The van der Waals surface area contributed by atoms with Gasteiger partial charge in [0.05, 0.1) is 0 Å². The van der Waals surface area contributed by atoms with Crippen LogP contribution in [0.3, 0.4) is 0 Å². The molecule has 3 nitrogen and oxygen atoms in total. The number of nitrogens with zero attached hydrogens (tertiary/aromatic N) is 1. The zero-order chi connectivity index (χ0) is 13.8. The molecule has 106 valence electrons. The summed E-state index contributed by atoms with van der Waals surface area (Å²) in [6.45, 7) is 1.18. The Morgan fingerprint density at radius 3 is 2.95 bits per heavy atom. The van der Waals surface area contributed by atoms with E-state index >= 15 is 0 Å².